The van der Waals surface area contributed by atoms with Crippen molar-refractivity contribution in [2.75, 3.05) is 33.2 Å². The highest BCUT2D eigenvalue weighted by atomic mass is 16.2. The summed E-state index contributed by atoms with van der Waals surface area (Å²) < 4.78 is 0. The van der Waals surface area contributed by atoms with Crippen LogP contribution in [0.1, 0.15) is 18.9 Å². The van der Waals surface area contributed by atoms with Gasteiger partial charge in [-0.1, -0.05) is 42.5 Å². The van der Waals surface area contributed by atoms with Crippen molar-refractivity contribution in [2.24, 2.45) is 0 Å². The molecule has 1 fully saturated rings. The maximum atomic E-state index is 12.7. The van der Waals surface area contributed by atoms with Crippen LogP contribution in [0.25, 0.3) is 10.8 Å². The van der Waals surface area contributed by atoms with E-state index in [1.54, 1.807) is 6.92 Å². The Morgan fingerprint density at radius 2 is 1.81 bits per heavy atom. The Labute approximate surface area is 155 Å². The number of carbonyl (C=O) groups excluding carboxylic acids is 2. The van der Waals surface area contributed by atoms with E-state index in [1.165, 1.54) is 0 Å². The molecule has 0 aromatic heterocycles. The maximum Gasteiger partial charge on any atom is 0.244 e. The largest absolute Gasteiger partial charge is 0.344 e. The first-order valence-corrected chi connectivity index (χ1v) is 9.28. The quantitative estimate of drug-likeness (QED) is 0.915. The van der Waals surface area contributed by atoms with Crippen molar-refractivity contribution in [3.63, 3.8) is 0 Å². The molecule has 2 aromatic rings. The third-order valence-corrected chi connectivity index (χ3v) is 5.01. The molecule has 5 heteroatoms. The summed E-state index contributed by atoms with van der Waals surface area (Å²) in [5.74, 6) is -0.110. The van der Waals surface area contributed by atoms with Gasteiger partial charge in [0.1, 0.15) is 6.04 Å². The van der Waals surface area contributed by atoms with Crippen LogP contribution in [0, 0.1) is 0 Å². The van der Waals surface area contributed by atoms with Crippen molar-refractivity contribution in [3.8, 4) is 0 Å². The van der Waals surface area contributed by atoms with Crippen LogP contribution < -0.4 is 5.32 Å². The molecule has 5 nitrogen and oxygen atoms in total. The fraction of sp³-hybridized carbons (Fsp3) is 0.429. The standard InChI is InChI=1S/C21H27N3O2/c1-16(21(26)24-12-6-11-23(2)13-14-24)22-20(25)15-18-9-5-8-17-7-3-4-10-19(17)18/h3-5,7-10,16H,6,11-15H2,1-2H3,(H,22,25)/t16-/m0/s1. The molecule has 0 saturated carbocycles. The van der Waals surface area contributed by atoms with Gasteiger partial charge in [-0.3, -0.25) is 9.59 Å². The van der Waals surface area contributed by atoms with E-state index in [0.29, 0.717) is 0 Å². The Kier molecular flexibility index (Phi) is 5.89. The number of carbonyl (C=O) groups is 2. The van der Waals surface area contributed by atoms with Crippen molar-refractivity contribution in [1.29, 1.82) is 0 Å². The number of hydrogen-bond donors (Lipinski definition) is 1. The first kappa shape index (κ1) is 18.4. The van der Waals surface area contributed by atoms with Gasteiger partial charge in [0.15, 0.2) is 0 Å². The maximum absolute atomic E-state index is 12.7. The van der Waals surface area contributed by atoms with Gasteiger partial charge in [0.05, 0.1) is 6.42 Å². The van der Waals surface area contributed by atoms with E-state index in [0.717, 1.165) is 48.9 Å². The minimum absolute atomic E-state index is 0.00608. The lowest BCUT2D eigenvalue weighted by atomic mass is 10.0. The number of amides is 2. The van der Waals surface area contributed by atoms with Gasteiger partial charge in [-0.05, 0) is 43.3 Å². The zero-order valence-corrected chi connectivity index (χ0v) is 15.6. The van der Waals surface area contributed by atoms with Crippen molar-refractivity contribution >= 4 is 22.6 Å². The minimum Gasteiger partial charge on any atom is -0.344 e. The Morgan fingerprint density at radius 3 is 2.65 bits per heavy atom. The van der Waals surface area contributed by atoms with Crippen molar-refractivity contribution in [3.05, 3.63) is 48.0 Å². The van der Waals surface area contributed by atoms with Gasteiger partial charge in [0.2, 0.25) is 11.8 Å². The normalized spacial score (nSPS) is 16.9. The molecule has 1 heterocycles. The van der Waals surface area contributed by atoms with Crippen molar-refractivity contribution < 1.29 is 9.59 Å². The summed E-state index contributed by atoms with van der Waals surface area (Å²) in [5.41, 5.74) is 0.983. The Hall–Kier alpha value is -2.40. The molecule has 2 amide bonds. The molecule has 0 aliphatic carbocycles. The molecular formula is C21H27N3O2. The first-order chi connectivity index (χ1) is 12.5. The topological polar surface area (TPSA) is 52.7 Å². The number of rotatable bonds is 4. The summed E-state index contributed by atoms with van der Waals surface area (Å²) >= 11 is 0. The number of likely N-dealkylation sites (N-methyl/N-ethyl adjacent to an activating group) is 1. The Morgan fingerprint density at radius 1 is 1.04 bits per heavy atom. The summed E-state index contributed by atoms with van der Waals surface area (Å²) in [7, 11) is 2.07. The van der Waals surface area contributed by atoms with Crippen LogP contribution >= 0.6 is 0 Å². The second-order valence-electron chi connectivity index (χ2n) is 7.09. The molecule has 1 atom stereocenters. The highest BCUT2D eigenvalue weighted by Crippen LogP contribution is 2.18. The molecule has 1 aliphatic rings. The van der Waals surface area contributed by atoms with E-state index in [1.807, 2.05) is 47.4 Å². The lowest BCUT2D eigenvalue weighted by Crippen LogP contribution is -2.48. The second kappa shape index (κ2) is 8.32. The molecule has 1 N–H and O–H groups in total. The van der Waals surface area contributed by atoms with Crippen LogP contribution in [0.4, 0.5) is 0 Å². The van der Waals surface area contributed by atoms with Gasteiger partial charge in [0.25, 0.3) is 0 Å². The highest BCUT2D eigenvalue weighted by Gasteiger charge is 2.23. The van der Waals surface area contributed by atoms with Crippen molar-refractivity contribution in [1.82, 2.24) is 15.1 Å². The summed E-state index contributed by atoms with van der Waals surface area (Å²) in [6.45, 7) is 5.14. The van der Waals surface area contributed by atoms with E-state index in [2.05, 4.69) is 17.3 Å². The average molecular weight is 353 g/mol. The zero-order chi connectivity index (χ0) is 18.5. The third-order valence-electron chi connectivity index (χ3n) is 5.01. The molecule has 0 spiro atoms. The second-order valence-corrected chi connectivity index (χ2v) is 7.09. The summed E-state index contributed by atoms with van der Waals surface area (Å²) in [4.78, 5) is 29.2. The number of nitrogens with one attached hydrogen (secondary N) is 1. The monoisotopic (exact) mass is 353 g/mol. The van der Waals surface area contributed by atoms with Crippen LogP contribution in [-0.4, -0.2) is 60.9 Å². The number of hydrogen-bond acceptors (Lipinski definition) is 3. The smallest absolute Gasteiger partial charge is 0.244 e. The molecule has 0 unspecified atom stereocenters. The number of nitrogens with zero attached hydrogens (tertiary/aromatic N) is 2. The van der Waals surface area contributed by atoms with E-state index < -0.39 is 6.04 Å². The zero-order valence-electron chi connectivity index (χ0n) is 15.6. The minimum atomic E-state index is -0.499. The molecule has 2 aromatic carbocycles. The number of fused-ring (bicyclic) bond motifs is 1. The molecule has 1 saturated heterocycles. The van der Waals surface area contributed by atoms with Crippen LogP contribution in [-0.2, 0) is 16.0 Å². The van der Waals surface area contributed by atoms with E-state index >= 15 is 0 Å². The summed E-state index contributed by atoms with van der Waals surface area (Å²) in [6, 6.07) is 13.5. The Bertz CT molecular complexity index is 784. The van der Waals surface area contributed by atoms with E-state index in [4.69, 9.17) is 0 Å². The predicted octanol–water partition coefficient (Wildman–Crippen LogP) is 2.05. The Balaban J connectivity index is 1.61. The van der Waals surface area contributed by atoms with Gasteiger partial charge < -0.3 is 15.1 Å². The molecule has 26 heavy (non-hydrogen) atoms. The lowest BCUT2D eigenvalue weighted by Gasteiger charge is -2.24. The van der Waals surface area contributed by atoms with E-state index in [9.17, 15) is 9.59 Å². The van der Waals surface area contributed by atoms with Gasteiger partial charge >= 0.3 is 0 Å². The SMILES string of the molecule is C[C@H](NC(=O)Cc1cccc2ccccc12)C(=O)N1CCCN(C)CC1. The molecule has 0 bridgehead atoms. The third kappa shape index (κ3) is 4.41. The highest BCUT2D eigenvalue weighted by molar-refractivity contribution is 5.92. The van der Waals surface area contributed by atoms with Gasteiger partial charge in [-0.25, -0.2) is 0 Å². The molecule has 3 rings (SSSR count). The first-order valence-electron chi connectivity index (χ1n) is 9.28. The lowest BCUT2D eigenvalue weighted by molar-refractivity contribution is -0.135. The summed E-state index contributed by atoms with van der Waals surface area (Å²) in [6.07, 6.45) is 1.25. The van der Waals surface area contributed by atoms with Crippen LogP contribution in [0.3, 0.4) is 0 Å². The average Bonchev–Trinajstić information content (AvgIpc) is 2.86. The molecule has 138 valence electrons. The van der Waals surface area contributed by atoms with Gasteiger partial charge in [0, 0.05) is 19.6 Å². The van der Waals surface area contributed by atoms with E-state index in [-0.39, 0.29) is 18.2 Å². The molecule has 1 aliphatic heterocycles. The van der Waals surface area contributed by atoms with Crippen LogP contribution in [0.2, 0.25) is 0 Å². The fourth-order valence-electron chi connectivity index (χ4n) is 3.51. The van der Waals surface area contributed by atoms with Crippen LogP contribution in [0.5, 0.6) is 0 Å². The van der Waals surface area contributed by atoms with Crippen molar-refractivity contribution in [2.45, 2.75) is 25.8 Å². The van der Waals surface area contributed by atoms with Crippen LogP contribution in [0.15, 0.2) is 42.5 Å². The van der Waals surface area contributed by atoms with Gasteiger partial charge in [-0.15, -0.1) is 0 Å². The molecule has 0 radical (unpaired) electrons. The predicted molar refractivity (Wildman–Crippen MR) is 104 cm³/mol. The fourth-order valence-corrected chi connectivity index (χ4v) is 3.51. The molecular weight excluding hydrogens is 326 g/mol. The van der Waals surface area contributed by atoms with Gasteiger partial charge in [-0.2, -0.15) is 0 Å². The summed E-state index contributed by atoms with van der Waals surface area (Å²) in [5, 5.41) is 5.08. The number of benzene rings is 2.